The van der Waals surface area contributed by atoms with Crippen LogP contribution in [0.25, 0.3) is 0 Å². The van der Waals surface area contributed by atoms with E-state index in [1.54, 1.807) is 32.9 Å². The molecule has 0 saturated heterocycles. The maximum absolute atomic E-state index is 12.2. The Morgan fingerprint density at radius 1 is 1.11 bits per heavy atom. The number of carbonyl (C=O) groups is 4. The topological polar surface area (TPSA) is 149 Å². The van der Waals surface area contributed by atoms with Crippen LogP contribution in [0.15, 0.2) is 24.3 Å². The van der Waals surface area contributed by atoms with E-state index in [9.17, 15) is 19.2 Å². The molecule has 0 radical (unpaired) electrons. The van der Waals surface area contributed by atoms with Crippen LogP contribution in [0.4, 0.5) is 10.5 Å². The first kappa shape index (κ1) is 22.9. The SMILES string of the molecule is C[C@H](NC(=O)OC(C)(C)C)C(=O)Oc1ccccc1NC(=O)CNC(=O)CN. The van der Waals surface area contributed by atoms with Crippen molar-refractivity contribution in [3.8, 4) is 5.75 Å². The molecule has 3 amide bonds. The van der Waals surface area contributed by atoms with Gasteiger partial charge in [0, 0.05) is 0 Å². The first-order valence-corrected chi connectivity index (χ1v) is 8.58. The number of nitrogens with one attached hydrogen (secondary N) is 3. The Hall–Kier alpha value is -3.14. The molecule has 0 fully saturated rings. The number of nitrogens with two attached hydrogens (primary N) is 1. The Labute approximate surface area is 163 Å². The van der Waals surface area contributed by atoms with E-state index in [1.807, 2.05) is 0 Å². The lowest BCUT2D eigenvalue weighted by Gasteiger charge is -2.21. The highest BCUT2D eigenvalue weighted by Crippen LogP contribution is 2.24. The minimum absolute atomic E-state index is 0.0869. The van der Waals surface area contributed by atoms with Crippen molar-refractivity contribution in [2.75, 3.05) is 18.4 Å². The molecule has 0 aromatic heterocycles. The van der Waals surface area contributed by atoms with Gasteiger partial charge >= 0.3 is 12.1 Å². The van der Waals surface area contributed by atoms with Gasteiger partial charge in [-0.2, -0.15) is 0 Å². The van der Waals surface area contributed by atoms with Gasteiger partial charge in [0.05, 0.1) is 18.8 Å². The fraction of sp³-hybridized carbons (Fsp3) is 0.444. The van der Waals surface area contributed by atoms with Crippen LogP contribution < -0.4 is 26.4 Å². The predicted molar refractivity (Wildman–Crippen MR) is 102 cm³/mol. The van der Waals surface area contributed by atoms with E-state index < -0.39 is 35.5 Å². The molecule has 0 saturated carbocycles. The number of para-hydroxylation sites is 2. The van der Waals surface area contributed by atoms with Crippen LogP contribution in [0.1, 0.15) is 27.7 Å². The van der Waals surface area contributed by atoms with Crippen molar-refractivity contribution >= 4 is 29.6 Å². The molecule has 10 nitrogen and oxygen atoms in total. The van der Waals surface area contributed by atoms with Crippen LogP contribution in [-0.4, -0.2) is 48.6 Å². The summed E-state index contributed by atoms with van der Waals surface area (Å²) in [4.78, 5) is 47.0. The van der Waals surface area contributed by atoms with Crippen LogP contribution in [0.5, 0.6) is 5.75 Å². The lowest BCUT2D eigenvalue weighted by atomic mass is 10.2. The third-order valence-corrected chi connectivity index (χ3v) is 3.09. The average molecular weight is 394 g/mol. The number of alkyl carbamates (subject to hydrolysis) is 1. The fourth-order valence-corrected chi connectivity index (χ4v) is 1.84. The van der Waals surface area contributed by atoms with Gasteiger partial charge in [0.15, 0.2) is 5.75 Å². The molecule has 0 aliphatic heterocycles. The number of carbonyl (C=O) groups excluding carboxylic acids is 4. The molecule has 0 heterocycles. The summed E-state index contributed by atoms with van der Waals surface area (Å²) in [6.45, 7) is 6.02. The third-order valence-electron chi connectivity index (χ3n) is 3.09. The number of rotatable bonds is 7. The van der Waals surface area contributed by atoms with Crippen molar-refractivity contribution in [1.82, 2.24) is 10.6 Å². The van der Waals surface area contributed by atoms with E-state index in [4.69, 9.17) is 15.2 Å². The van der Waals surface area contributed by atoms with Crippen molar-refractivity contribution in [2.45, 2.75) is 39.3 Å². The van der Waals surface area contributed by atoms with Crippen molar-refractivity contribution in [3.63, 3.8) is 0 Å². The van der Waals surface area contributed by atoms with Crippen LogP contribution in [0.3, 0.4) is 0 Å². The summed E-state index contributed by atoms with van der Waals surface area (Å²) < 4.78 is 10.3. The van der Waals surface area contributed by atoms with Crippen molar-refractivity contribution in [3.05, 3.63) is 24.3 Å². The van der Waals surface area contributed by atoms with E-state index in [2.05, 4.69) is 16.0 Å². The summed E-state index contributed by atoms with van der Waals surface area (Å²) in [7, 11) is 0. The molecule has 154 valence electrons. The monoisotopic (exact) mass is 394 g/mol. The number of benzene rings is 1. The van der Waals surface area contributed by atoms with Gasteiger partial charge in [-0.05, 0) is 39.8 Å². The summed E-state index contributed by atoms with van der Waals surface area (Å²) in [6, 6.07) is 5.26. The molecular formula is C18H26N4O6. The molecule has 0 bridgehead atoms. The maximum atomic E-state index is 12.2. The molecule has 1 atom stereocenters. The van der Waals surface area contributed by atoms with Gasteiger partial charge in [0.1, 0.15) is 11.6 Å². The number of amides is 3. The Bertz CT molecular complexity index is 729. The van der Waals surface area contributed by atoms with E-state index in [-0.39, 0.29) is 24.5 Å². The zero-order valence-electron chi connectivity index (χ0n) is 16.3. The molecule has 28 heavy (non-hydrogen) atoms. The minimum Gasteiger partial charge on any atom is -0.444 e. The van der Waals surface area contributed by atoms with Gasteiger partial charge in [-0.1, -0.05) is 12.1 Å². The second-order valence-corrected chi connectivity index (χ2v) is 6.81. The van der Waals surface area contributed by atoms with Gasteiger partial charge in [-0.3, -0.25) is 9.59 Å². The Kier molecular flexibility index (Phi) is 8.39. The van der Waals surface area contributed by atoms with Gasteiger partial charge in [0.25, 0.3) is 0 Å². The molecular weight excluding hydrogens is 368 g/mol. The zero-order chi connectivity index (χ0) is 21.3. The second kappa shape index (κ2) is 10.3. The zero-order valence-corrected chi connectivity index (χ0v) is 16.3. The van der Waals surface area contributed by atoms with Gasteiger partial charge < -0.3 is 31.2 Å². The number of ether oxygens (including phenoxy) is 2. The lowest BCUT2D eigenvalue weighted by molar-refractivity contribution is -0.136. The summed E-state index contributed by atoms with van der Waals surface area (Å²) in [5, 5.41) is 7.22. The molecule has 0 unspecified atom stereocenters. The normalized spacial score (nSPS) is 11.8. The molecule has 1 aromatic carbocycles. The van der Waals surface area contributed by atoms with Gasteiger partial charge in [0.2, 0.25) is 11.8 Å². The highest BCUT2D eigenvalue weighted by atomic mass is 16.6. The van der Waals surface area contributed by atoms with Crippen LogP contribution in [-0.2, 0) is 19.1 Å². The number of esters is 1. The van der Waals surface area contributed by atoms with Gasteiger partial charge in [-0.15, -0.1) is 0 Å². The van der Waals surface area contributed by atoms with E-state index in [1.165, 1.54) is 19.1 Å². The van der Waals surface area contributed by atoms with E-state index >= 15 is 0 Å². The lowest BCUT2D eigenvalue weighted by Crippen LogP contribution is -2.43. The predicted octanol–water partition coefficient (Wildman–Crippen LogP) is 0.519. The molecule has 0 spiro atoms. The van der Waals surface area contributed by atoms with E-state index in [0.717, 1.165) is 0 Å². The first-order chi connectivity index (χ1) is 13.0. The third kappa shape index (κ3) is 8.49. The van der Waals surface area contributed by atoms with E-state index in [0.29, 0.717) is 0 Å². The largest absolute Gasteiger partial charge is 0.444 e. The quantitative estimate of drug-likeness (QED) is 0.389. The molecule has 0 aliphatic carbocycles. The summed E-state index contributed by atoms with van der Waals surface area (Å²) >= 11 is 0. The average Bonchev–Trinajstić information content (AvgIpc) is 2.59. The Morgan fingerprint density at radius 3 is 2.36 bits per heavy atom. The van der Waals surface area contributed by atoms with Gasteiger partial charge in [-0.25, -0.2) is 9.59 Å². The highest BCUT2D eigenvalue weighted by molar-refractivity contribution is 5.96. The maximum Gasteiger partial charge on any atom is 0.408 e. The highest BCUT2D eigenvalue weighted by Gasteiger charge is 2.23. The number of anilines is 1. The summed E-state index contributed by atoms with van der Waals surface area (Å²) in [6.07, 6.45) is -0.755. The fourth-order valence-electron chi connectivity index (χ4n) is 1.84. The molecule has 5 N–H and O–H groups in total. The van der Waals surface area contributed by atoms with Crippen molar-refractivity contribution < 1.29 is 28.7 Å². The Balaban J connectivity index is 2.68. The Morgan fingerprint density at radius 2 is 1.75 bits per heavy atom. The molecule has 1 aromatic rings. The number of hydrogen-bond acceptors (Lipinski definition) is 7. The second-order valence-electron chi connectivity index (χ2n) is 6.81. The molecule has 1 rings (SSSR count). The minimum atomic E-state index is -0.984. The standard InChI is InChI=1S/C18H26N4O6/c1-11(21-17(26)28-18(2,3)4)16(25)27-13-8-6-5-7-12(13)22-15(24)10-20-14(23)9-19/h5-8,11H,9-10,19H2,1-4H3,(H,20,23)(H,21,26)(H,22,24)/t11-/m0/s1. The number of hydrogen-bond donors (Lipinski definition) is 4. The van der Waals surface area contributed by atoms with Crippen LogP contribution >= 0.6 is 0 Å². The summed E-state index contributed by atoms with van der Waals surface area (Å²) in [5.41, 5.74) is 4.67. The van der Waals surface area contributed by atoms with Crippen molar-refractivity contribution in [2.24, 2.45) is 5.73 Å². The van der Waals surface area contributed by atoms with Crippen molar-refractivity contribution in [1.29, 1.82) is 0 Å². The molecule has 0 aliphatic rings. The summed E-state index contributed by atoms with van der Waals surface area (Å²) in [5.74, 6) is -1.66. The molecule has 10 heteroatoms. The first-order valence-electron chi connectivity index (χ1n) is 8.58. The smallest absolute Gasteiger partial charge is 0.408 e. The van der Waals surface area contributed by atoms with Crippen LogP contribution in [0, 0.1) is 0 Å². The van der Waals surface area contributed by atoms with Crippen LogP contribution in [0.2, 0.25) is 0 Å².